The molecule has 0 bridgehead atoms. The molecule has 0 saturated heterocycles. The van der Waals surface area contributed by atoms with Crippen LogP contribution in [0, 0.1) is 0 Å². The fraction of sp³-hybridized carbons (Fsp3) is 0.0909. The first-order chi connectivity index (χ1) is 6.45. The molecule has 62 valence electrons. The summed E-state index contributed by atoms with van der Waals surface area (Å²) in [7, 11) is 0. The second-order valence-corrected chi connectivity index (χ2v) is 3.21. The van der Waals surface area contributed by atoms with Gasteiger partial charge in [0.2, 0.25) is 0 Å². The Morgan fingerprint density at radius 1 is 1.15 bits per heavy atom. The molecule has 1 aliphatic rings. The molecule has 0 amide bonds. The Morgan fingerprint density at radius 2 is 2.15 bits per heavy atom. The van der Waals surface area contributed by atoms with E-state index in [1.807, 2.05) is 18.6 Å². The molecule has 2 heterocycles. The van der Waals surface area contributed by atoms with Crippen LogP contribution in [0.2, 0.25) is 0 Å². The molecule has 2 heteroatoms. The van der Waals surface area contributed by atoms with Crippen molar-refractivity contribution in [1.29, 1.82) is 0 Å². The highest BCUT2D eigenvalue weighted by atomic mass is 14.7. The van der Waals surface area contributed by atoms with Gasteiger partial charge in [-0.1, -0.05) is 18.2 Å². The van der Waals surface area contributed by atoms with Crippen LogP contribution in [0.3, 0.4) is 0 Å². The highest BCUT2D eigenvalue weighted by molar-refractivity contribution is 6.02. The second-order valence-electron chi connectivity index (χ2n) is 3.21. The lowest BCUT2D eigenvalue weighted by molar-refractivity contribution is 1.08. The Labute approximate surface area is 76.0 Å². The SMILES string of the molecule is C1=NCc2cccc3cncc1c23. The van der Waals surface area contributed by atoms with Crippen molar-refractivity contribution in [2.75, 3.05) is 0 Å². The maximum Gasteiger partial charge on any atom is 0.0646 e. The van der Waals surface area contributed by atoms with E-state index in [9.17, 15) is 0 Å². The average Bonchev–Trinajstić information content (AvgIpc) is 2.19. The molecular weight excluding hydrogens is 160 g/mol. The highest BCUT2D eigenvalue weighted by Gasteiger charge is 2.07. The summed E-state index contributed by atoms with van der Waals surface area (Å²) in [4.78, 5) is 8.45. The molecule has 0 saturated carbocycles. The average molecular weight is 168 g/mol. The molecular formula is C11H8N2. The van der Waals surface area contributed by atoms with Crippen LogP contribution in [0.4, 0.5) is 0 Å². The van der Waals surface area contributed by atoms with Crippen LogP contribution in [-0.4, -0.2) is 11.2 Å². The molecule has 1 aliphatic heterocycles. The Bertz CT molecular complexity index is 495. The van der Waals surface area contributed by atoms with E-state index in [4.69, 9.17) is 0 Å². The number of rotatable bonds is 0. The van der Waals surface area contributed by atoms with E-state index in [-0.39, 0.29) is 0 Å². The van der Waals surface area contributed by atoms with E-state index in [1.54, 1.807) is 0 Å². The first-order valence-corrected chi connectivity index (χ1v) is 4.30. The van der Waals surface area contributed by atoms with E-state index < -0.39 is 0 Å². The minimum atomic E-state index is 0.800. The van der Waals surface area contributed by atoms with E-state index in [0.717, 1.165) is 12.1 Å². The number of aliphatic imine (C=N–C) groups is 1. The van der Waals surface area contributed by atoms with Crippen molar-refractivity contribution in [2.45, 2.75) is 6.54 Å². The van der Waals surface area contributed by atoms with Crippen LogP contribution in [0.5, 0.6) is 0 Å². The molecule has 0 N–H and O–H groups in total. The van der Waals surface area contributed by atoms with Gasteiger partial charge in [-0.05, 0) is 10.9 Å². The lowest BCUT2D eigenvalue weighted by Gasteiger charge is -2.10. The summed E-state index contributed by atoms with van der Waals surface area (Å²) in [5, 5.41) is 2.52. The predicted octanol–water partition coefficient (Wildman–Crippen LogP) is 2.17. The maximum absolute atomic E-state index is 4.28. The largest absolute Gasteiger partial charge is 0.288 e. The van der Waals surface area contributed by atoms with Crippen molar-refractivity contribution in [3.63, 3.8) is 0 Å². The Hall–Kier alpha value is -1.70. The van der Waals surface area contributed by atoms with Crippen LogP contribution >= 0.6 is 0 Å². The van der Waals surface area contributed by atoms with Gasteiger partial charge in [-0.3, -0.25) is 9.98 Å². The monoisotopic (exact) mass is 168 g/mol. The first kappa shape index (κ1) is 6.78. The normalized spacial score (nSPS) is 13.5. The van der Waals surface area contributed by atoms with Crippen molar-refractivity contribution in [2.24, 2.45) is 4.99 Å². The fourth-order valence-electron chi connectivity index (χ4n) is 1.81. The van der Waals surface area contributed by atoms with Gasteiger partial charge in [0.05, 0.1) is 6.54 Å². The van der Waals surface area contributed by atoms with Crippen LogP contribution in [-0.2, 0) is 6.54 Å². The minimum Gasteiger partial charge on any atom is -0.288 e. The van der Waals surface area contributed by atoms with E-state index >= 15 is 0 Å². The lowest BCUT2D eigenvalue weighted by Crippen LogP contribution is -1.97. The molecule has 13 heavy (non-hydrogen) atoms. The van der Waals surface area contributed by atoms with Gasteiger partial charge in [-0.25, -0.2) is 0 Å². The van der Waals surface area contributed by atoms with Crippen LogP contribution in [0.1, 0.15) is 11.1 Å². The summed E-state index contributed by atoms with van der Waals surface area (Å²) in [5.41, 5.74) is 2.44. The van der Waals surface area contributed by atoms with Crippen molar-refractivity contribution >= 4 is 17.0 Å². The fourth-order valence-corrected chi connectivity index (χ4v) is 1.81. The molecule has 3 rings (SSSR count). The van der Waals surface area contributed by atoms with Crippen molar-refractivity contribution < 1.29 is 0 Å². The zero-order valence-electron chi connectivity index (χ0n) is 7.07. The van der Waals surface area contributed by atoms with Crippen molar-refractivity contribution in [3.05, 3.63) is 41.7 Å². The third-order valence-corrected chi connectivity index (χ3v) is 2.39. The van der Waals surface area contributed by atoms with Gasteiger partial charge in [-0.2, -0.15) is 0 Å². The molecule has 0 atom stereocenters. The van der Waals surface area contributed by atoms with Crippen LogP contribution < -0.4 is 0 Å². The van der Waals surface area contributed by atoms with Crippen LogP contribution in [0.25, 0.3) is 10.8 Å². The second kappa shape index (κ2) is 2.39. The summed E-state index contributed by atoms with van der Waals surface area (Å²) in [6.07, 6.45) is 5.68. The third-order valence-electron chi connectivity index (χ3n) is 2.39. The molecule has 0 aliphatic carbocycles. The third kappa shape index (κ3) is 0.886. The minimum absolute atomic E-state index is 0.800. The number of pyridine rings is 1. The molecule has 0 fully saturated rings. The summed E-state index contributed by atoms with van der Waals surface area (Å²) >= 11 is 0. The Balaban J connectivity index is 2.56. The molecule has 2 aromatic rings. The number of hydrogen-bond donors (Lipinski definition) is 0. The smallest absolute Gasteiger partial charge is 0.0646 e. The number of benzene rings is 1. The number of aromatic nitrogens is 1. The quantitative estimate of drug-likeness (QED) is 0.591. The number of nitrogens with zero attached hydrogens (tertiary/aromatic N) is 2. The summed E-state index contributed by atoms with van der Waals surface area (Å²) in [5.74, 6) is 0. The lowest BCUT2D eigenvalue weighted by atomic mass is 10.0. The summed E-state index contributed by atoms with van der Waals surface area (Å²) in [6, 6.07) is 6.28. The van der Waals surface area contributed by atoms with Gasteiger partial charge in [0, 0.05) is 29.6 Å². The maximum atomic E-state index is 4.28. The molecule has 0 radical (unpaired) electrons. The van der Waals surface area contributed by atoms with E-state index in [0.29, 0.717) is 0 Å². The zero-order valence-corrected chi connectivity index (χ0v) is 7.07. The van der Waals surface area contributed by atoms with Gasteiger partial charge in [0.25, 0.3) is 0 Å². The summed E-state index contributed by atoms with van der Waals surface area (Å²) in [6.45, 7) is 0.800. The molecule has 0 unspecified atom stereocenters. The van der Waals surface area contributed by atoms with Crippen molar-refractivity contribution in [3.8, 4) is 0 Å². The van der Waals surface area contributed by atoms with Gasteiger partial charge in [0.15, 0.2) is 0 Å². The van der Waals surface area contributed by atoms with Gasteiger partial charge in [-0.15, -0.1) is 0 Å². The van der Waals surface area contributed by atoms with Gasteiger partial charge < -0.3 is 0 Å². The topological polar surface area (TPSA) is 25.2 Å². The van der Waals surface area contributed by atoms with Gasteiger partial charge >= 0.3 is 0 Å². The predicted molar refractivity (Wildman–Crippen MR) is 53.0 cm³/mol. The van der Waals surface area contributed by atoms with Gasteiger partial charge in [0.1, 0.15) is 0 Å². The molecule has 1 aromatic carbocycles. The Kier molecular flexibility index (Phi) is 1.25. The number of hydrogen-bond acceptors (Lipinski definition) is 2. The Morgan fingerprint density at radius 3 is 3.15 bits per heavy atom. The van der Waals surface area contributed by atoms with Crippen molar-refractivity contribution in [1.82, 2.24) is 4.98 Å². The first-order valence-electron chi connectivity index (χ1n) is 4.30. The van der Waals surface area contributed by atoms with Crippen LogP contribution in [0.15, 0.2) is 35.6 Å². The molecule has 2 nitrogen and oxygen atoms in total. The summed E-state index contributed by atoms with van der Waals surface area (Å²) < 4.78 is 0. The van der Waals surface area contributed by atoms with E-state index in [2.05, 4.69) is 28.2 Å². The molecule has 0 spiro atoms. The van der Waals surface area contributed by atoms with E-state index in [1.165, 1.54) is 16.3 Å². The molecule has 1 aromatic heterocycles. The highest BCUT2D eigenvalue weighted by Crippen LogP contribution is 2.24. The standard InChI is InChI=1S/C11H8N2/c1-2-8-4-12-6-10-7-13-5-9(3-1)11(8)10/h1-4,6-7H,5H2. The zero-order chi connectivity index (χ0) is 8.67.